The molecule has 5 heteroatoms. The van der Waals surface area contributed by atoms with Crippen LogP contribution in [0.25, 0.3) is 0 Å². The van der Waals surface area contributed by atoms with Gasteiger partial charge in [0.15, 0.2) is 0 Å². The Balaban J connectivity index is 1.98. The van der Waals surface area contributed by atoms with Gasteiger partial charge in [-0.3, -0.25) is 4.79 Å². The van der Waals surface area contributed by atoms with Crippen LogP contribution < -0.4 is 10.6 Å². The molecule has 1 aromatic heterocycles. The highest BCUT2D eigenvalue weighted by Gasteiger charge is 2.16. The Kier molecular flexibility index (Phi) is 5.99. The number of nitrogens with one attached hydrogen (secondary N) is 2. The van der Waals surface area contributed by atoms with Gasteiger partial charge in [0.1, 0.15) is 5.82 Å². The smallest absolute Gasteiger partial charge is 0.251 e. The summed E-state index contributed by atoms with van der Waals surface area (Å²) >= 11 is 0. The van der Waals surface area contributed by atoms with Crippen LogP contribution in [0.2, 0.25) is 0 Å². The lowest BCUT2D eigenvalue weighted by atomic mass is 10.1. The minimum Gasteiger partial charge on any atom is -0.376 e. The molecule has 2 rings (SSSR count). The Morgan fingerprint density at radius 2 is 2.29 bits per heavy atom. The van der Waals surface area contributed by atoms with E-state index in [4.69, 9.17) is 4.74 Å². The average Bonchev–Trinajstić information content (AvgIpc) is 2.53. The molecule has 1 unspecified atom stereocenters. The number of hydrogen-bond donors (Lipinski definition) is 2. The summed E-state index contributed by atoms with van der Waals surface area (Å²) in [7, 11) is 1.82. The lowest BCUT2D eigenvalue weighted by Gasteiger charge is -2.22. The standard InChI is InChI=1S/C16H25N3O2/c1-3-6-13-9-12(10-15(17-2)19-13)16(20)18-11-14-7-4-5-8-21-14/h9-10,14H,3-8,11H2,1-2H3,(H,17,19)(H,18,20). The molecule has 0 spiro atoms. The number of rotatable bonds is 6. The Morgan fingerprint density at radius 1 is 1.43 bits per heavy atom. The SMILES string of the molecule is CCCc1cc(C(=O)NCC2CCCCO2)cc(NC)n1. The van der Waals surface area contributed by atoms with E-state index in [1.807, 2.05) is 13.1 Å². The molecular weight excluding hydrogens is 266 g/mol. The van der Waals surface area contributed by atoms with E-state index in [-0.39, 0.29) is 12.0 Å². The van der Waals surface area contributed by atoms with Crippen LogP contribution in [-0.2, 0) is 11.2 Å². The van der Waals surface area contributed by atoms with Crippen molar-refractivity contribution in [3.05, 3.63) is 23.4 Å². The third kappa shape index (κ3) is 4.70. The molecule has 116 valence electrons. The predicted octanol–water partition coefficient (Wildman–Crippen LogP) is 2.37. The zero-order valence-electron chi connectivity index (χ0n) is 12.9. The summed E-state index contributed by atoms with van der Waals surface area (Å²) in [6, 6.07) is 3.66. The molecule has 0 saturated carbocycles. The maximum absolute atomic E-state index is 12.3. The Hall–Kier alpha value is -1.62. The number of aryl methyl sites for hydroxylation is 1. The quantitative estimate of drug-likeness (QED) is 0.844. The van der Waals surface area contributed by atoms with Gasteiger partial charge in [0, 0.05) is 31.5 Å². The van der Waals surface area contributed by atoms with Crippen LogP contribution >= 0.6 is 0 Å². The Bertz CT molecular complexity index is 471. The van der Waals surface area contributed by atoms with Crippen molar-refractivity contribution in [3.8, 4) is 0 Å². The van der Waals surface area contributed by atoms with Crippen molar-refractivity contribution >= 4 is 11.7 Å². The van der Waals surface area contributed by atoms with E-state index in [1.54, 1.807) is 6.07 Å². The second kappa shape index (κ2) is 7.98. The topological polar surface area (TPSA) is 63.2 Å². The Labute approximate surface area is 126 Å². The van der Waals surface area contributed by atoms with Crippen LogP contribution in [0.5, 0.6) is 0 Å². The van der Waals surface area contributed by atoms with E-state index < -0.39 is 0 Å². The van der Waals surface area contributed by atoms with Crippen molar-refractivity contribution < 1.29 is 9.53 Å². The molecule has 2 heterocycles. The normalized spacial score (nSPS) is 18.3. The maximum atomic E-state index is 12.3. The summed E-state index contributed by atoms with van der Waals surface area (Å²) in [6.07, 6.45) is 5.38. The van der Waals surface area contributed by atoms with Gasteiger partial charge in [0.25, 0.3) is 5.91 Å². The fourth-order valence-corrected chi connectivity index (χ4v) is 2.51. The summed E-state index contributed by atoms with van der Waals surface area (Å²) < 4.78 is 5.63. The lowest BCUT2D eigenvalue weighted by Crippen LogP contribution is -2.35. The van der Waals surface area contributed by atoms with Gasteiger partial charge < -0.3 is 15.4 Å². The summed E-state index contributed by atoms with van der Waals surface area (Å²) in [5.74, 6) is 0.681. The number of nitrogens with zero attached hydrogens (tertiary/aromatic N) is 1. The summed E-state index contributed by atoms with van der Waals surface area (Å²) in [6.45, 7) is 3.49. The highest BCUT2D eigenvalue weighted by molar-refractivity contribution is 5.95. The van der Waals surface area contributed by atoms with Gasteiger partial charge in [-0.1, -0.05) is 13.3 Å². The van der Waals surface area contributed by atoms with Gasteiger partial charge in [0.05, 0.1) is 6.10 Å². The molecular formula is C16H25N3O2. The zero-order chi connectivity index (χ0) is 15.1. The summed E-state index contributed by atoms with van der Waals surface area (Å²) in [5, 5.41) is 5.98. The van der Waals surface area contributed by atoms with Gasteiger partial charge in [-0.2, -0.15) is 0 Å². The molecule has 0 bridgehead atoms. The highest BCUT2D eigenvalue weighted by atomic mass is 16.5. The summed E-state index contributed by atoms with van der Waals surface area (Å²) in [4.78, 5) is 16.7. The molecule has 5 nitrogen and oxygen atoms in total. The van der Waals surface area contributed by atoms with Crippen LogP contribution in [0.15, 0.2) is 12.1 Å². The van der Waals surface area contributed by atoms with E-state index >= 15 is 0 Å². The van der Waals surface area contributed by atoms with Crippen molar-refractivity contribution in [3.63, 3.8) is 0 Å². The number of ether oxygens (including phenoxy) is 1. The van der Waals surface area contributed by atoms with Crippen LogP contribution in [0, 0.1) is 0 Å². The first kappa shape index (κ1) is 15.8. The number of pyridine rings is 1. The first-order valence-electron chi connectivity index (χ1n) is 7.81. The van der Waals surface area contributed by atoms with Crippen LogP contribution in [0.1, 0.15) is 48.7 Å². The van der Waals surface area contributed by atoms with Crippen molar-refractivity contribution in [2.75, 3.05) is 25.5 Å². The van der Waals surface area contributed by atoms with Gasteiger partial charge in [-0.05, 0) is 37.8 Å². The van der Waals surface area contributed by atoms with E-state index in [0.717, 1.165) is 43.8 Å². The molecule has 0 aromatic carbocycles. The molecule has 1 atom stereocenters. The van der Waals surface area contributed by atoms with E-state index in [0.29, 0.717) is 12.1 Å². The van der Waals surface area contributed by atoms with Crippen molar-refractivity contribution in [1.29, 1.82) is 0 Å². The minimum absolute atomic E-state index is 0.0552. The molecule has 1 aliphatic heterocycles. The van der Waals surface area contributed by atoms with Gasteiger partial charge >= 0.3 is 0 Å². The van der Waals surface area contributed by atoms with Crippen LogP contribution in [-0.4, -0.2) is 37.2 Å². The van der Waals surface area contributed by atoms with Crippen molar-refractivity contribution in [2.45, 2.75) is 45.1 Å². The fraction of sp³-hybridized carbons (Fsp3) is 0.625. The fourth-order valence-electron chi connectivity index (χ4n) is 2.51. The maximum Gasteiger partial charge on any atom is 0.251 e. The number of aromatic nitrogens is 1. The lowest BCUT2D eigenvalue weighted by molar-refractivity contribution is 0.0169. The Morgan fingerprint density at radius 3 is 2.95 bits per heavy atom. The predicted molar refractivity (Wildman–Crippen MR) is 83.7 cm³/mol. The molecule has 1 aliphatic rings. The highest BCUT2D eigenvalue weighted by Crippen LogP contribution is 2.14. The molecule has 1 fully saturated rings. The van der Waals surface area contributed by atoms with E-state index in [9.17, 15) is 4.79 Å². The molecule has 0 radical (unpaired) electrons. The third-order valence-corrected chi connectivity index (χ3v) is 3.67. The minimum atomic E-state index is -0.0552. The molecule has 21 heavy (non-hydrogen) atoms. The zero-order valence-corrected chi connectivity index (χ0v) is 12.9. The number of carbonyl (C=O) groups is 1. The molecule has 0 aliphatic carbocycles. The number of amides is 1. The first-order chi connectivity index (χ1) is 10.2. The van der Waals surface area contributed by atoms with E-state index in [2.05, 4.69) is 22.5 Å². The number of hydrogen-bond acceptors (Lipinski definition) is 4. The monoisotopic (exact) mass is 291 g/mol. The summed E-state index contributed by atoms with van der Waals surface area (Å²) in [5.41, 5.74) is 1.61. The first-order valence-corrected chi connectivity index (χ1v) is 7.81. The molecule has 2 N–H and O–H groups in total. The van der Waals surface area contributed by atoms with Crippen LogP contribution in [0.3, 0.4) is 0 Å². The van der Waals surface area contributed by atoms with Crippen LogP contribution in [0.4, 0.5) is 5.82 Å². The van der Waals surface area contributed by atoms with Crippen molar-refractivity contribution in [2.24, 2.45) is 0 Å². The van der Waals surface area contributed by atoms with Gasteiger partial charge in [-0.25, -0.2) is 4.98 Å². The third-order valence-electron chi connectivity index (χ3n) is 3.67. The average molecular weight is 291 g/mol. The second-order valence-electron chi connectivity index (χ2n) is 5.43. The largest absolute Gasteiger partial charge is 0.376 e. The molecule has 1 saturated heterocycles. The van der Waals surface area contributed by atoms with Gasteiger partial charge in [-0.15, -0.1) is 0 Å². The van der Waals surface area contributed by atoms with E-state index in [1.165, 1.54) is 6.42 Å². The second-order valence-corrected chi connectivity index (χ2v) is 5.43. The number of anilines is 1. The molecule has 1 amide bonds. The number of carbonyl (C=O) groups excluding carboxylic acids is 1. The van der Waals surface area contributed by atoms with Crippen molar-refractivity contribution in [1.82, 2.24) is 10.3 Å². The molecule has 1 aromatic rings. The van der Waals surface area contributed by atoms with Gasteiger partial charge in [0.2, 0.25) is 0 Å².